The van der Waals surface area contributed by atoms with Crippen molar-refractivity contribution in [3.8, 4) is 0 Å². The van der Waals surface area contributed by atoms with Gasteiger partial charge in [0.05, 0.1) is 12.0 Å². The van der Waals surface area contributed by atoms with Gasteiger partial charge in [-0.3, -0.25) is 4.79 Å². The Bertz CT molecular complexity index is 443. The van der Waals surface area contributed by atoms with E-state index < -0.39 is 5.97 Å². The lowest BCUT2D eigenvalue weighted by molar-refractivity contribution is -0.121. The molecule has 1 unspecified atom stereocenters. The fourth-order valence-electron chi connectivity index (χ4n) is 1.96. The number of amides is 1. The molecule has 0 aliphatic rings. The van der Waals surface area contributed by atoms with E-state index in [0.29, 0.717) is 5.56 Å². The number of carboxylic acid groups (broad SMARTS) is 1. The van der Waals surface area contributed by atoms with Crippen LogP contribution in [0.15, 0.2) is 24.3 Å². The number of hydrogen-bond acceptors (Lipinski definition) is 2. The second-order valence-corrected chi connectivity index (χ2v) is 4.75. The monoisotopic (exact) mass is 263 g/mol. The van der Waals surface area contributed by atoms with Crippen LogP contribution in [0.5, 0.6) is 0 Å². The predicted molar refractivity (Wildman–Crippen MR) is 74.2 cm³/mol. The summed E-state index contributed by atoms with van der Waals surface area (Å²) in [5.74, 6) is -1.13. The number of carbonyl (C=O) groups is 2. The minimum Gasteiger partial charge on any atom is -0.478 e. The highest BCUT2D eigenvalue weighted by Gasteiger charge is 2.13. The molecule has 19 heavy (non-hydrogen) atoms. The molecule has 0 heterocycles. The second-order valence-electron chi connectivity index (χ2n) is 4.75. The third-order valence-electron chi connectivity index (χ3n) is 3.00. The number of carbonyl (C=O) groups excluding carboxylic acids is 1. The summed E-state index contributed by atoms with van der Waals surface area (Å²) in [6.45, 7) is 4.08. The Kier molecular flexibility index (Phi) is 6.06. The quantitative estimate of drug-likeness (QED) is 0.794. The molecule has 1 atom stereocenters. The van der Waals surface area contributed by atoms with Gasteiger partial charge in [-0.1, -0.05) is 38.0 Å². The second kappa shape index (κ2) is 7.56. The number of carboxylic acids is 1. The van der Waals surface area contributed by atoms with Crippen LogP contribution >= 0.6 is 0 Å². The van der Waals surface area contributed by atoms with E-state index in [9.17, 15) is 9.59 Å². The van der Waals surface area contributed by atoms with Gasteiger partial charge >= 0.3 is 5.97 Å². The van der Waals surface area contributed by atoms with Crippen molar-refractivity contribution in [3.05, 3.63) is 35.4 Å². The van der Waals surface area contributed by atoms with Crippen molar-refractivity contribution in [1.82, 2.24) is 5.32 Å². The summed E-state index contributed by atoms with van der Waals surface area (Å²) in [4.78, 5) is 22.9. The summed E-state index contributed by atoms with van der Waals surface area (Å²) in [5.41, 5.74) is 0.744. The minimum atomic E-state index is -0.998. The molecule has 4 heteroatoms. The molecule has 0 saturated carbocycles. The van der Waals surface area contributed by atoms with Gasteiger partial charge in [0.25, 0.3) is 0 Å². The van der Waals surface area contributed by atoms with E-state index in [0.717, 1.165) is 19.3 Å². The highest BCUT2D eigenvalue weighted by molar-refractivity contribution is 5.91. The van der Waals surface area contributed by atoms with Gasteiger partial charge in [-0.05, 0) is 25.0 Å². The molecule has 1 aromatic carbocycles. The summed E-state index contributed by atoms with van der Waals surface area (Å²) in [6, 6.07) is 6.74. The number of benzene rings is 1. The van der Waals surface area contributed by atoms with Crippen molar-refractivity contribution < 1.29 is 14.7 Å². The van der Waals surface area contributed by atoms with Crippen molar-refractivity contribution >= 4 is 11.9 Å². The molecule has 0 aliphatic carbocycles. The molecule has 0 aromatic heterocycles. The number of unbranched alkanes of at least 4 members (excludes halogenated alkanes) is 1. The van der Waals surface area contributed by atoms with Crippen LogP contribution in [-0.4, -0.2) is 23.0 Å². The summed E-state index contributed by atoms with van der Waals surface area (Å²) in [6.07, 6.45) is 3.23. The van der Waals surface area contributed by atoms with E-state index in [1.807, 2.05) is 6.92 Å². The molecular weight excluding hydrogens is 242 g/mol. The van der Waals surface area contributed by atoms with Crippen LogP contribution in [0.25, 0.3) is 0 Å². The van der Waals surface area contributed by atoms with E-state index in [4.69, 9.17) is 5.11 Å². The topological polar surface area (TPSA) is 66.4 Å². The lowest BCUT2D eigenvalue weighted by Crippen LogP contribution is -2.33. The summed E-state index contributed by atoms with van der Waals surface area (Å²) < 4.78 is 0. The largest absolute Gasteiger partial charge is 0.478 e. The Labute approximate surface area is 113 Å². The highest BCUT2D eigenvalue weighted by Crippen LogP contribution is 2.10. The van der Waals surface area contributed by atoms with Gasteiger partial charge < -0.3 is 10.4 Å². The van der Waals surface area contributed by atoms with Gasteiger partial charge in [-0.25, -0.2) is 4.79 Å². The Hall–Kier alpha value is -1.84. The van der Waals surface area contributed by atoms with Crippen LogP contribution in [0, 0.1) is 0 Å². The van der Waals surface area contributed by atoms with Crippen molar-refractivity contribution in [3.63, 3.8) is 0 Å². The summed E-state index contributed by atoms with van der Waals surface area (Å²) >= 11 is 0. The molecule has 1 rings (SSSR count). The zero-order valence-corrected chi connectivity index (χ0v) is 11.5. The van der Waals surface area contributed by atoms with Crippen LogP contribution in [0.2, 0.25) is 0 Å². The molecule has 0 bridgehead atoms. The zero-order valence-electron chi connectivity index (χ0n) is 11.5. The average molecular weight is 263 g/mol. The Morgan fingerprint density at radius 1 is 1.32 bits per heavy atom. The maximum atomic E-state index is 11.9. The molecule has 0 radical (unpaired) electrons. The van der Waals surface area contributed by atoms with Crippen LogP contribution in [-0.2, 0) is 11.2 Å². The Morgan fingerprint density at radius 3 is 2.63 bits per heavy atom. The molecule has 0 spiro atoms. The van der Waals surface area contributed by atoms with Crippen LogP contribution in [0.1, 0.15) is 49.0 Å². The number of hydrogen-bond donors (Lipinski definition) is 2. The van der Waals surface area contributed by atoms with E-state index >= 15 is 0 Å². The standard InChI is InChI=1S/C15H21NO3/c1-3-4-7-11(2)16-14(17)10-12-8-5-6-9-13(12)15(18)19/h5-6,8-9,11H,3-4,7,10H2,1-2H3,(H,16,17)(H,18,19). The smallest absolute Gasteiger partial charge is 0.335 e. The first-order chi connectivity index (χ1) is 9.04. The molecule has 0 fully saturated rings. The van der Waals surface area contributed by atoms with Gasteiger partial charge in [-0.15, -0.1) is 0 Å². The Balaban J connectivity index is 2.60. The fourth-order valence-corrected chi connectivity index (χ4v) is 1.96. The molecular formula is C15H21NO3. The van der Waals surface area contributed by atoms with Gasteiger partial charge in [0.15, 0.2) is 0 Å². The van der Waals surface area contributed by atoms with E-state index in [-0.39, 0.29) is 23.9 Å². The van der Waals surface area contributed by atoms with Crippen LogP contribution in [0.4, 0.5) is 0 Å². The number of nitrogens with one attached hydrogen (secondary N) is 1. The van der Waals surface area contributed by atoms with Crippen LogP contribution < -0.4 is 5.32 Å². The molecule has 1 amide bonds. The van der Waals surface area contributed by atoms with Crippen molar-refractivity contribution in [2.24, 2.45) is 0 Å². The first-order valence-electron chi connectivity index (χ1n) is 6.65. The maximum Gasteiger partial charge on any atom is 0.335 e. The highest BCUT2D eigenvalue weighted by atomic mass is 16.4. The fraction of sp³-hybridized carbons (Fsp3) is 0.467. The van der Waals surface area contributed by atoms with Gasteiger partial charge in [0.1, 0.15) is 0 Å². The van der Waals surface area contributed by atoms with Crippen LogP contribution in [0.3, 0.4) is 0 Å². The molecule has 4 nitrogen and oxygen atoms in total. The number of rotatable bonds is 7. The Morgan fingerprint density at radius 2 is 2.00 bits per heavy atom. The molecule has 1 aromatic rings. The summed E-state index contributed by atoms with van der Waals surface area (Å²) in [7, 11) is 0. The van der Waals surface area contributed by atoms with E-state index in [2.05, 4.69) is 12.2 Å². The van der Waals surface area contributed by atoms with Gasteiger partial charge in [-0.2, -0.15) is 0 Å². The SMILES string of the molecule is CCCCC(C)NC(=O)Cc1ccccc1C(=O)O. The first-order valence-corrected chi connectivity index (χ1v) is 6.65. The lowest BCUT2D eigenvalue weighted by atomic mass is 10.0. The third kappa shape index (κ3) is 5.12. The van der Waals surface area contributed by atoms with Crippen molar-refractivity contribution in [2.45, 2.75) is 45.6 Å². The first kappa shape index (κ1) is 15.2. The predicted octanol–water partition coefficient (Wildman–Crippen LogP) is 2.62. The van der Waals surface area contributed by atoms with E-state index in [1.54, 1.807) is 18.2 Å². The van der Waals surface area contributed by atoms with Gasteiger partial charge in [0.2, 0.25) is 5.91 Å². The van der Waals surface area contributed by atoms with E-state index in [1.165, 1.54) is 6.07 Å². The van der Waals surface area contributed by atoms with Crippen molar-refractivity contribution in [1.29, 1.82) is 0 Å². The summed E-state index contributed by atoms with van der Waals surface area (Å²) in [5, 5.41) is 11.9. The zero-order chi connectivity index (χ0) is 14.3. The normalized spacial score (nSPS) is 11.9. The lowest BCUT2D eigenvalue weighted by Gasteiger charge is -2.14. The molecule has 0 aliphatic heterocycles. The van der Waals surface area contributed by atoms with Crippen molar-refractivity contribution in [2.75, 3.05) is 0 Å². The number of aromatic carboxylic acids is 1. The third-order valence-corrected chi connectivity index (χ3v) is 3.00. The average Bonchev–Trinajstić information content (AvgIpc) is 2.36. The molecule has 0 saturated heterocycles. The maximum absolute atomic E-state index is 11.9. The molecule has 104 valence electrons. The van der Waals surface area contributed by atoms with Gasteiger partial charge in [0, 0.05) is 6.04 Å². The molecule has 2 N–H and O–H groups in total. The minimum absolute atomic E-state index is 0.110.